The lowest BCUT2D eigenvalue weighted by atomic mass is 9.59. The minimum absolute atomic E-state index is 0.0123. The fourth-order valence-corrected chi connectivity index (χ4v) is 7.19. The molecule has 3 fully saturated rings. The summed E-state index contributed by atoms with van der Waals surface area (Å²) in [6.45, 7) is 11.3. The van der Waals surface area contributed by atoms with Gasteiger partial charge < -0.3 is 24.4 Å². The first-order chi connectivity index (χ1) is 14.0. The van der Waals surface area contributed by atoms with Gasteiger partial charge in [0.1, 0.15) is 17.8 Å². The summed E-state index contributed by atoms with van der Waals surface area (Å²) in [6, 6.07) is 0. The van der Waals surface area contributed by atoms with E-state index in [2.05, 4.69) is 13.8 Å². The molecule has 4 aliphatic carbocycles. The maximum atomic E-state index is 14.2. The van der Waals surface area contributed by atoms with Crippen LogP contribution >= 0.6 is 0 Å². The highest BCUT2D eigenvalue weighted by Gasteiger charge is 2.76. The second kappa shape index (κ2) is 6.26. The number of aliphatic hydroxyl groups excluding tert-OH is 1. The van der Waals surface area contributed by atoms with Crippen molar-refractivity contribution in [1.82, 2.24) is 0 Å². The van der Waals surface area contributed by atoms with Crippen LogP contribution in [0, 0.1) is 34.5 Å². The molecule has 2 saturated carbocycles. The van der Waals surface area contributed by atoms with Crippen LogP contribution in [0.2, 0.25) is 0 Å². The molecule has 1 spiro atoms. The van der Waals surface area contributed by atoms with Crippen LogP contribution in [-0.4, -0.2) is 53.0 Å². The molecule has 30 heavy (non-hydrogen) atoms. The first-order valence-electron chi connectivity index (χ1n) is 11.2. The van der Waals surface area contributed by atoms with Gasteiger partial charge in [-0.15, -0.1) is 0 Å². The lowest BCUT2D eigenvalue weighted by Gasteiger charge is -2.51. The predicted octanol–water partition coefficient (Wildman–Crippen LogP) is 2.59. The number of allylic oxidation sites excluding steroid dienone is 1. The summed E-state index contributed by atoms with van der Waals surface area (Å²) in [4.78, 5) is 14.2. The third-order valence-electron chi connectivity index (χ3n) is 8.73. The maximum absolute atomic E-state index is 14.2. The number of ketones is 1. The van der Waals surface area contributed by atoms with Crippen molar-refractivity contribution in [2.75, 3.05) is 6.61 Å². The molecule has 6 nitrogen and oxygen atoms in total. The van der Waals surface area contributed by atoms with Gasteiger partial charge in [-0.1, -0.05) is 32.9 Å². The van der Waals surface area contributed by atoms with Gasteiger partial charge in [-0.05, 0) is 61.5 Å². The van der Waals surface area contributed by atoms with Crippen molar-refractivity contribution in [3.8, 4) is 0 Å². The van der Waals surface area contributed by atoms with E-state index in [-0.39, 0.29) is 41.7 Å². The van der Waals surface area contributed by atoms with Crippen LogP contribution in [0.15, 0.2) is 23.3 Å². The van der Waals surface area contributed by atoms with E-state index >= 15 is 0 Å². The van der Waals surface area contributed by atoms with Crippen molar-refractivity contribution in [1.29, 1.82) is 0 Å². The van der Waals surface area contributed by atoms with Gasteiger partial charge in [-0.2, -0.15) is 0 Å². The Bertz CT molecular complexity index is 843. The normalized spacial score (nSPS) is 51.2. The highest BCUT2D eigenvalue weighted by Crippen LogP contribution is 2.71. The van der Waals surface area contributed by atoms with Crippen molar-refractivity contribution < 1.29 is 29.2 Å². The number of carbonyl (C=O) groups is 1. The van der Waals surface area contributed by atoms with E-state index in [1.807, 2.05) is 32.9 Å². The van der Waals surface area contributed by atoms with Gasteiger partial charge in [-0.3, -0.25) is 4.79 Å². The lowest BCUT2D eigenvalue weighted by Crippen LogP contribution is -2.67. The second-order valence-corrected chi connectivity index (χ2v) is 11.0. The lowest BCUT2D eigenvalue weighted by molar-refractivity contribution is -0.353. The molecule has 0 aromatic heterocycles. The first kappa shape index (κ1) is 20.8. The van der Waals surface area contributed by atoms with E-state index in [9.17, 15) is 15.0 Å². The number of Topliss-reactive ketones (excluding diaryl/α,β-unsaturated/α-hetero) is 1. The highest BCUT2D eigenvalue weighted by molar-refractivity contribution is 5.95. The SMILES string of the molecule is CC1=CC23C(=O)C(C=C4COC(OC(C)C)O[C@H]4[C@]2(O)[C@H]1O)[C@H]1[C@@H](C[C@H]3C)C1(C)C. The van der Waals surface area contributed by atoms with Gasteiger partial charge in [0.15, 0.2) is 5.78 Å². The van der Waals surface area contributed by atoms with Crippen molar-refractivity contribution in [3.05, 3.63) is 23.3 Å². The highest BCUT2D eigenvalue weighted by atomic mass is 16.9. The quantitative estimate of drug-likeness (QED) is 0.671. The van der Waals surface area contributed by atoms with Crippen molar-refractivity contribution in [2.45, 2.75) is 78.4 Å². The second-order valence-electron chi connectivity index (χ2n) is 11.0. The number of fused-ring (bicyclic) bond motifs is 5. The molecular weight excluding hydrogens is 384 g/mol. The largest absolute Gasteiger partial charge is 0.386 e. The van der Waals surface area contributed by atoms with E-state index in [1.165, 1.54) is 0 Å². The Morgan fingerprint density at radius 3 is 2.67 bits per heavy atom. The maximum Gasteiger partial charge on any atom is 0.272 e. The molecular formula is C24H34O6. The molecule has 9 atom stereocenters. The zero-order chi connectivity index (χ0) is 21.8. The number of hydrogen-bond acceptors (Lipinski definition) is 6. The van der Waals surface area contributed by atoms with E-state index in [1.54, 1.807) is 6.92 Å². The molecule has 166 valence electrons. The van der Waals surface area contributed by atoms with Gasteiger partial charge in [-0.25, -0.2) is 0 Å². The minimum atomic E-state index is -1.78. The molecule has 0 amide bonds. The van der Waals surface area contributed by atoms with Crippen LogP contribution in [0.4, 0.5) is 0 Å². The fraction of sp³-hybridized carbons (Fsp3) is 0.792. The third-order valence-corrected chi connectivity index (χ3v) is 8.73. The Hall–Kier alpha value is -1.05. The van der Waals surface area contributed by atoms with Crippen LogP contribution in [0.1, 0.15) is 48.0 Å². The molecule has 1 saturated heterocycles. The number of rotatable bonds is 2. The Morgan fingerprint density at radius 2 is 2.00 bits per heavy atom. The molecule has 0 radical (unpaired) electrons. The summed E-state index contributed by atoms with van der Waals surface area (Å²) < 4.78 is 17.6. The van der Waals surface area contributed by atoms with E-state index in [0.717, 1.165) is 12.0 Å². The molecule has 2 bridgehead atoms. The van der Waals surface area contributed by atoms with Gasteiger partial charge in [0.05, 0.1) is 18.1 Å². The average Bonchev–Trinajstić information content (AvgIpc) is 3.17. The molecule has 5 rings (SSSR count). The molecule has 0 aromatic rings. The summed E-state index contributed by atoms with van der Waals surface area (Å²) in [5.41, 5.74) is -1.52. The molecule has 6 heteroatoms. The Morgan fingerprint density at radius 1 is 1.30 bits per heavy atom. The monoisotopic (exact) mass is 418 g/mol. The van der Waals surface area contributed by atoms with Gasteiger partial charge in [0.2, 0.25) is 0 Å². The van der Waals surface area contributed by atoms with Gasteiger partial charge >= 0.3 is 0 Å². The third kappa shape index (κ3) is 2.35. The minimum Gasteiger partial charge on any atom is -0.386 e. The van der Waals surface area contributed by atoms with Gasteiger partial charge in [0.25, 0.3) is 6.48 Å². The predicted molar refractivity (Wildman–Crippen MR) is 109 cm³/mol. The number of ether oxygens (including phenoxy) is 3. The Labute approximate surface area is 178 Å². The Balaban J connectivity index is 1.68. The van der Waals surface area contributed by atoms with Crippen LogP contribution in [0.5, 0.6) is 0 Å². The van der Waals surface area contributed by atoms with Crippen LogP contribution in [-0.2, 0) is 19.0 Å². The van der Waals surface area contributed by atoms with Crippen LogP contribution in [0.3, 0.4) is 0 Å². The Kier molecular flexibility index (Phi) is 4.35. The summed E-state index contributed by atoms with van der Waals surface area (Å²) in [7, 11) is 0. The fourth-order valence-electron chi connectivity index (χ4n) is 7.19. The number of aliphatic hydroxyl groups is 2. The molecule has 1 aliphatic heterocycles. The van der Waals surface area contributed by atoms with Crippen LogP contribution < -0.4 is 0 Å². The smallest absolute Gasteiger partial charge is 0.272 e. The van der Waals surface area contributed by atoms with Crippen LogP contribution in [0.25, 0.3) is 0 Å². The topological polar surface area (TPSA) is 85.2 Å². The number of hydrogen-bond donors (Lipinski definition) is 2. The molecule has 0 aromatic carbocycles. The van der Waals surface area contributed by atoms with E-state index in [0.29, 0.717) is 11.5 Å². The first-order valence-corrected chi connectivity index (χ1v) is 11.2. The molecule has 1 heterocycles. The van der Waals surface area contributed by atoms with Gasteiger partial charge in [0, 0.05) is 5.92 Å². The molecule has 2 N–H and O–H groups in total. The molecule has 3 unspecified atom stereocenters. The van der Waals surface area contributed by atoms with Crippen molar-refractivity contribution >= 4 is 5.78 Å². The van der Waals surface area contributed by atoms with Crippen molar-refractivity contribution in [2.24, 2.45) is 34.5 Å². The average molecular weight is 419 g/mol. The standard InChI is InChI=1S/C24H34O6/c1-11(2)29-21-28-10-14-8-15-17-16(22(17,5)6)7-13(4)23(19(15)26)9-12(3)18(25)24(23,27)20(14)30-21/h8-9,11,13,15-18,20-21,25,27H,7,10H2,1-6H3/t13-,15?,16-,17+,18+,20-,21?,23?,24-/m1/s1. The van der Waals surface area contributed by atoms with Crippen molar-refractivity contribution in [3.63, 3.8) is 0 Å². The summed E-state index contributed by atoms with van der Waals surface area (Å²) in [5.74, 6) is 0.236. The van der Waals surface area contributed by atoms with E-state index in [4.69, 9.17) is 14.2 Å². The molecule has 5 aliphatic rings. The summed E-state index contributed by atoms with van der Waals surface area (Å²) in [6.07, 6.45) is 2.50. The zero-order valence-electron chi connectivity index (χ0n) is 18.7. The summed E-state index contributed by atoms with van der Waals surface area (Å²) >= 11 is 0. The number of carbonyl (C=O) groups excluding carboxylic acids is 1. The zero-order valence-corrected chi connectivity index (χ0v) is 18.7. The summed E-state index contributed by atoms with van der Waals surface area (Å²) in [5, 5.41) is 23.5. The van der Waals surface area contributed by atoms with E-state index < -0.39 is 29.7 Å².